The predicted molar refractivity (Wildman–Crippen MR) is 113 cm³/mol. The minimum Gasteiger partial charge on any atom is -0.383 e. The molecule has 3 aliphatic rings. The van der Waals surface area contributed by atoms with Crippen LogP contribution in [0.1, 0.15) is 39.2 Å². The molecule has 154 valence electrons. The van der Waals surface area contributed by atoms with Crippen LogP contribution >= 0.6 is 0 Å². The molecule has 1 aromatic rings. The topological polar surface area (TPSA) is 85.7 Å². The highest BCUT2D eigenvalue weighted by Crippen LogP contribution is 2.49. The van der Waals surface area contributed by atoms with Gasteiger partial charge in [0.25, 0.3) is 0 Å². The summed E-state index contributed by atoms with van der Waals surface area (Å²) in [5.41, 5.74) is 2.76. The number of hydrogen-bond acceptors (Lipinski definition) is 5. The molecule has 0 spiro atoms. The normalized spacial score (nSPS) is 23.1. The number of amides is 2. The van der Waals surface area contributed by atoms with E-state index >= 15 is 0 Å². The third-order valence-electron chi connectivity index (χ3n) is 6.12. The fourth-order valence-electron chi connectivity index (χ4n) is 3.95. The lowest BCUT2D eigenvalue weighted by molar-refractivity contribution is -0.123. The summed E-state index contributed by atoms with van der Waals surface area (Å²) in [5.74, 6) is 0.0850. The van der Waals surface area contributed by atoms with Crippen molar-refractivity contribution in [3.63, 3.8) is 0 Å². The Morgan fingerprint density at radius 3 is 2.55 bits per heavy atom. The molecule has 7 nitrogen and oxygen atoms in total. The Labute approximate surface area is 171 Å². The lowest BCUT2D eigenvalue weighted by Crippen LogP contribution is -2.52. The van der Waals surface area contributed by atoms with E-state index in [2.05, 4.69) is 5.32 Å². The zero-order chi connectivity index (χ0) is 20.8. The standard InChI is InChI=1S/C22H28N4O3/c1-14-11-25(21(28)22(3)6-7-22)20-8-16(4-5-19(20)26(14)15(2)27)17(9-23)10-24-18-12-29-13-18/h4-5,8-10,14,18,23-24H,6-7,11-13H2,1-3H3/b17-10+,23-9?. The lowest BCUT2D eigenvalue weighted by Gasteiger charge is -2.42. The van der Waals surface area contributed by atoms with Gasteiger partial charge >= 0.3 is 0 Å². The van der Waals surface area contributed by atoms with Gasteiger partial charge in [-0.25, -0.2) is 0 Å². The third kappa shape index (κ3) is 3.55. The molecule has 4 rings (SSSR count). The van der Waals surface area contributed by atoms with Crippen LogP contribution in [0.3, 0.4) is 0 Å². The maximum absolute atomic E-state index is 13.2. The number of allylic oxidation sites excluding steroid dienone is 1. The second-order valence-corrected chi connectivity index (χ2v) is 8.56. The van der Waals surface area contributed by atoms with Gasteiger partial charge < -0.3 is 25.3 Å². The first-order valence-corrected chi connectivity index (χ1v) is 10.1. The zero-order valence-corrected chi connectivity index (χ0v) is 17.2. The summed E-state index contributed by atoms with van der Waals surface area (Å²) in [4.78, 5) is 29.1. The highest BCUT2D eigenvalue weighted by molar-refractivity contribution is 6.11. The quantitative estimate of drug-likeness (QED) is 0.749. The maximum atomic E-state index is 13.2. The second kappa shape index (κ2) is 7.30. The Kier molecular flexibility index (Phi) is 4.94. The van der Waals surface area contributed by atoms with Crippen LogP contribution in [0.2, 0.25) is 0 Å². The highest BCUT2D eigenvalue weighted by atomic mass is 16.5. The number of rotatable bonds is 5. The Morgan fingerprint density at radius 2 is 2.00 bits per heavy atom. The molecule has 2 aliphatic heterocycles. The average molecular weight is 396 g/mol. The fraction of sp³-hybridized carbons (Fsp3) is 0.500. The number of hydrogen-bond donors (Lipinski definition) is 2. The molecule has 29 heavy (non-hydrogen) atoms. The van der Waals surface area contributed by atoms with Crippen molar-refractivity contribution in [2.24, 2.45) is 5.41 Å². The zero-order valence-electron chi connectivity index (χ0n) is 17.2. The average Bonchev–Trinajstić information content (AvgIpc) is 3.40. The van der Waals surface area contributed by atoms with Crippen molar-refractivity contribution in [2.75, 3.05) is 29.6 Å². The molecule has 7 heteroatoms. The number of carbonyl (C=O) groups is 2. The summed E-state index contributed by atoms with van der Waals surface area (Å²) in [6.07, 6.45) is 4.93. The number of benzene rings is 1. The molecular formula is C22H28N4O3. The van der Waals surface area contributed by atoms with Gasteiger partial charge in [-0.2, -0.15) is 0 Å². The fourth-order valence-corrected chi connectivity index (χ4v) is 3.95. The summed E-state index contributed by atoms with van der Waals surface area (Å²) in [6, 6.07) is 5.90. The molecular weight excluding hydrogens is 368 g/mol. The molecule has 1 atom stereocenters. The summed E-state index contributed by atoms with van der Waals surface area (Å²) >= 11 is 0. The van der Waals surface area contributed by atoms with E-state index in [1.165, 1.54) is 6.21 Å². The van der Waals surface area contributed by atoms with Crippen molar-refractivity contribution in [1.82, 2.24) is 5.32 Å². The van der Waals surface area contributed by atoms with Crippen LogP contribution in [0, 0.1) is 10.8 Å². The molecule has 2 heterocycles. The van der Waals surface area contributed by atoms with Crippen molar-refractivity contribution in [3.8, 4) is 0 Å². The highest BCUT2D eigenvalue weighted by Gasteiger charge is 2.49. The predicted octanol–water partition coefficient (Wildman–Crippen LogP) is 2.55. The summed E-state index contributed by atoms with van der Waals surface area (Å²) in [5, 5.41) is 11.1. The number of fused-ring (bicyclic) bond motifs is 1. The monoisotopic (exact) mass is 396 g/mol. The molecule has 1 unspecified atom stereocenters. The molecule has 1 aliphatic carbocycles. The van der Waals surface area contributed by atoms with E-state index in [1.807, 2.05) is 43.1 Å². The minimum absolute atomic E-state index is 0.0364. The first kappa shape index (κ1) is 19.6. The summed E-state index contributed by atoms with van der Waals surface area (Å²) < 4.78 is 5.17. The Hall–Kier alpha value is -2.67. The summed E-state index contributed by atoms with van der Waals surface area (Å²) in [6.45, 7) is 7.35. The van der Waals surface area contributed by atoms with E-state index < -0.39 is 0 Å². The maximum Gasteiger partial charge on any atom is 0.233 e. The Bertz CT molecular complexity index is 886. The van der Waals surface area contributed by atoms with Crippen LogP contribution in [0.4, 0.5) is 11.4 Å². The first-order valence-electron chi connectivity index (χ1n) is 10.1. The van der Waals surface area contributed by atoms with Crippen LogP contribution in [-0.2, 0) is 14.3 Å². The SMILES string of the molecule is CC(=O)N1c2ccc(/C(C=N)=C/NC3COC3)cc2N(C(=O)C2(C)CC2)CC1C. The van der Waals surface area contributed by atoms with Crippen LogP contribution < -0.4 is 15.1 Å². The van der Waals surface area contributed by atoms with Crippen molar-refractivity contribution >= 4 is 35.0 Å². The van der Waals surface area contributed by atoms with Gasteiger partial charge in [-0.05, 0) is 37.5 Å². The van der Waals surface area contributed by atoms with E-state index in [9.17, 15) is 9.59 Å². The third-order valence-corrected chi connectivity index (χ3v) is 6.12. The van der Waals surface area contributed by atoms with Gasteiger partial charge in [0.05, 0.1) is 36.7 Å². The van der Waals surface area contributed by atoms with Gasteiger partial charge in [-0.3, -0.25) is 9.59 Å². The van der Waals surface area contributed by atoms with Gasteiger partial charge in [0.2, 0.25) is 11.8 Å². The molecule has 2 amide bonds. The molecule has 2 fully saturated rings. The van der Waals surface area contributed by atoms with Gasteiger partial charge in [0, 0.05) is 36.9 Å². The number of ether oxygens (including phenoxy) is 1. The van der Waals surface area contributed by atoms with E-state index in [-0.39, 0.29) is 29.3 Å². The van der Waals surface area contributed by atoms with Gasteiger partial charge in [-0.1, -0.05) is 13.0 Å². The Balaban J connectivity index is 1.73. The van der Waals surface area contributed by atoms with Crippen LogP contribution in [0.15, 0.2) is 24.4 Å². The van der Waals surface area contributed by atoms with Crippen LogP contribution in [0.5, 0.6) is 0 Å². The lowest BCUT2D eigenvalue weighted by atomic mass is 9.99. The molecule has 1 aromatic carbocycles. The van der Waals surface area contributed by atoms with E-state index in [1.54, 1.807) is 11.8 Å². The number of nitrogens with zero attached hydrogens (tertiary/aromatic N) is 2. The molecule has 0 bridgehead atoms. The molecule has 1 saturated carbocycles. The van der Waals surface area contributed by atoms with E-state index in [0.29, 0.717) is 19.8 Å². The molecule has 0 radical (unpaired) electrons. The largest absolute Gasteiger partial charge is 0.383 e. The number of nitrogens with one attached hydrogen (secondary N) is 2. The molecule has 0 aromatic heterocycles. The number of carbonyl (C=O) groups excluding carboxylic acids is 2. The van der Waals surface area contributed by atoms with Gasteiger partial charge in [0.1, 0.15) is 0 Å². The number of anilines is 2. The Morgan fingerprint density at radius 1 is 1.28 bits per heavy atom. The van der Waals surface area contributed by atoms with Crippen molar-refractivity contribution in [2.45, 2.75) is 45.7 Å². The second-order valence-electron chi connectivity index (χ2n) is 8.56. The van der Waals surface area contributed by atoms with Gasteiger partial charge in [0.15, 0.2) is 0 Å². The van der Waals surface area contributed by atoms with Crippen molar-refractivity contribution < 1.29 is 14.3 Å². The molecule has 1 saturated heterocycles. The van der Waals surface area contributed by atoms with E-state index in [0.717, 1.165) is 35.4 Å². The summed E-state index contributed by atoms with van der Waals surface area (Å²) in [7, 11) is 0. The molecule has 2 N–H and O–H groups in total. The van der Waals surface area contributed by atoms with Crippen molar-refractivity contribution in [3.05, 3.63) is 30.0 Å². The van der Waals surface area contributed by atoms with E-state index in [4.69, 9.17) is 10.1 Å². The van der Waals surface area contributed by atoms with Crippen LogP contribution in [-0.4, -0.2) is 49.9 Å². The smallest absolute Gasteiger partial charge is 0.233 e. The minimum atomic E-state index is -0.294. The van der Waals surface area contributed by atoms with Crippen molar-refractivity contribution in [1.29, 1.82) is 5.41 Å². The first-order chi connectivity index (χ1) is 13.8. The van der Waals surface area contributed by atoms with Gasteiger partial charge in [-0.15, -0.1) is 0 Å². The van der Waals surface area contributed by atoms with Crippen LogP contribution in [0.25, 0.3) is 5.57 Å².